The molecule has 0 spiro atoms. The Labute approximate surface area is 171 Å². The number of nitrogens with zero attached hydrogens (tertiary/aromatic N) is 2. The van der Waals surface area contributed by atoms with Crippen molar-refractivity contribution in [2.24, 2.45) is 0 Å². The van der Waals surface area contributed by atoms with Crippen LogP contribution in [-0.4, -0.2) is 23.4 Å². The fourth-order valence-electron chi connectivity index (χ4n) is 3.44. The molecule has 0 amide bonds. The molecule has 6 nitrogen and oxygen atoms in total. The van der Waals surface area contributed by atoms with Crippen LogP contribution >= 0.6 is 0 Å². The summed E-state index contributed by atoms with van der Waals surface area (Å²) in [4.78, 5) is 26.7. The molecule has 0 unspecified atom stereocenters. The second kappa shape index (κ2) is 7.87. The maximum atomic E-state index is 13.7. The summed E-state index contributed by atoms with van der Waals surface area (Å²) in [6, 6.07) is 17.7. The lowest BCUT2D eigenvalue weighted by Crippen LogP contribution is -2.39. The van der Waals surface area contributed by atoms with Crippen LogP contribution in [-0.2, 0) is 6.54 Å². The number of rotatable bonds is 5. The van der Waals surface area contributed by atoms with E-state index in [4.69, 9.17) is 9.47 Å². The van der Waals surface area contributed by atoms with E-state index in [1.165, 1.54) is 30.9 Å². The lowest BCUT2D eigenvalue weighted by molar-refractivity contribution is 0.394. The summed E-state index contributed by atoms with van der Waals surface area (Å²) >= 11 is 0. The molecule has 4 aromatic rings. The number of hydrogen-bond donors (Lipinski definition) is 0. The largest absolute Gasteiger partial charge is 0.497 e. The minimum atomic E-state index is -0.543. The van der Waals surface area contributed by atoms with Crippen LogP contribution in [0.15, 0.2) is 76.3 Å². The summed E-state index contributed by atoms with van der Waals surface area (Å²) < 4.78 is 26.8. The lowest BCUT2D eigenvalue weighted by atomic mass is 10.2. The molecule has 7 heteroatoms. The molecule has 152 valence electrons. The van der Waals surface area contributed by atoms with Gasteiger partial charge in [0.1, 0.15) is 17.3 Å². The van der Waals surface area contributed by atoms with E-state index in [0.29, 0.717) is 33.7 Å². The lowest BCUT2D eigenvalue weighted by Gasteiger charge is -2.15. The standard InChI is InChI=1S/C23H19FN2O4/c1-29-18-11-17(12-19(13-18)30-2)26-22(27)20-8-3-4-9-21(20)25(23(26)28)14-15-6-5-7-16(24)10-15/h3-13H,14H2,1-2H3. The van der Waals surface area contributed by atoms with Crippen molar-refractivity contribution in [1.29, 1.82) is 0 Å². The van der Waals surface area contributed by atoms with Crippen LogP contribution in [0.25, 0.3) is 16.6 Å². The van der Waals surface area contributed by atoms with Gasteiger partial charge in [0.2, 0.25) is 0 Å². The van der Waals surface area contributed by atoms with Crippen LogP contribution in [0, 0.1) is 5.82 Å². The van der Waals surface area contributed by atoms with Crippen molar-refractivity contribution in [2.45, 2.75) is 6.54 Å². The summed E-state index contributed by atoms with van der Waals surface area (Å²) in [5.41, 5.74) is 0.401. The molecule has 30 heavy (non-hydrogen) atoms. The summed E-state index contributed by atoms with van der Waals surface area (Å²) in [5.74, 6) is 0.497. The molecule has 0 radical (unpaired) electrons. The van der Waals surface area contributed by atoms with Gasteiger partial charge in [-0.2, -0.15) is 0 Å². The molecule has 0 N–H and O–H groups in total. The van der Waals surface area contributed by atoms with Gasteiger partial charge in [0.25, 0.3) is 5.56 Å². The van der Waals surface area contributed by atoms with Gasteiger partial charge in [0.15, 0.2) is 0 Å². The van der Waals surface area contributed by atoms with Crippen molar-refractivity contribution in [3.05, 3.63) is 98.9 Å². The highest BCUT2D eigenvalue weighted by Crippen LogP contribution is 2.24. The molecule has 1 aromatic heterocycles. The number of para-hydroxylation sites is 1. The third-order valence-electron chi connectivity index (χ3n) is 4.87. The van der Waals surface area contributed by atoms with Crippen molar-refractivity contribution in [3.8, 4) is 17.2 Å². The van der Waals surface area contributed by atoms with Gasteiger partial charge >= 0.3 is 5.69 Å². The molecular formula is C23H19FN2O4. The first-order valence-electron chi connectivity index (χ1n) is 9.24. The van der Waals surface area contributed by atoms with Crippen LogP contribution in [0.2, 0.25) is 0 Å². The average Bonchev–Trinajstić information content (AvgIpc) is 2.76. The Kier molecular flexibility index (Phi) is 5.10. The van der Waals surface area contributed by atoms with Gasteiger partial charge < -0.3 is 9.47 Å². The van der Waals surface area contributed by atoms with Crippen LogP contribution in [0.3, 0.4) is 0 Å². The molecule has 0 saturated carbocycles. The number of methoxy groups -OCH3 is 2. The Balaban J connectivity index is 2.02. The van der Waals surface area contributed by atoms with E-state index in [9.17, 15) is 14.0 Å². The second-order valence-electron chi connectivity index (χ2n) is 6.73. The first-order chi connectivity index (χ1) is 14.5. The molecule has 1 heterocycles. The van der Waals surface area contributed by atoms with Gasteiger partial charge in [-0.05, 0) is 29.8 Å². The number of hydrogen-bond acceptors (Lipinski definition) is 4. The molecule has 0 aliphatic carbocycles. The minimum Gasteiger partial charge on any atom is -0.497 e. The number of benzene rings is 3. The van der Waals surface area contributed by atoms with Crippen molar-refractivity contribution < 1.29 is 13.9 Å². The van der Waals surface area contributed by atoms with Crippen molar-refractivity contribution >= 4 is 10.9 Å². The molecular weight excluding hydrogens is 387 g/mol. The number of halogens is 1. The fraction of sp³-hybridized carbons (Fsp3) is 0.130. The maximum Gasteiger partial charge on any atom is 0.336 e. The van der Waals surface area contributed by atoms with E-state index in [-0.39, 0.29) is 6.54 Å². The van der Waals surface area contributed by atoms with E-state index in [1.807, 2.05) is 0 Å². The molecule has 3 aromatic carbocycles. The van der Waals surface area contributed by atoms with E-state index >= 15 is 0 Å². The quantitative estimate of drug-likeness (QED) is 0.510. The van der Waals surface area contributed by atoms with Gasteiger partial charge in [-0.3, -0.25) is 9.36 Å². The van der Waals surface area contributed by atoms with Crippen molar-refractivity contribution in [1.82, 2.24) is 9.13 Å². The first-order valence-corrected chi connectivity index (χ1v) is 9.24. The van der Waals surface area contributed by atoms with Crippen LogP contribution < -0.4 is 20.7 Å². The van der Waals surface area contributed by atoms with Gasteiger partial charge in [0.05, 0.1) is 37.4 Å². The van der Waals surface area contributed by atoms with Gasteiger partial charge in [0, 0.05) is 18.2 Å². The summed E-state index contributed by atoms with van der Waals surface area (Å²) in [6.45, 7) is 0.110. The van der Waals surface area contributed by atoms with E-state index < -0.39 is 17.1 Å². The molecule has 0 saturated heterocycles. The maximum absolute atomic E-state index is 13.7. The minimum absolute atomic E-state index is 0.110. The zero-order valence-corrected chi connectivity index (χ0v) is 16.5. The normalized spacial score (nSPS) is 10.9. The van der Waals surface area contributed by atoms with E-state index in [0.717, 1.165) is 4.57 Å². The topological polar surface area (TPSA) is 62.5 Å². The molecule has 0 aliphatic rings. The monoisotopic (exact) mass is 406 g/mol. The van der Waals surface area contributed by atoms with Crippen molar-refractivity contribution in [2.75, 3.05) is 14.2 Å². The van der Waals surface area contributed by atoms with E-state index in [2.05, 4.69) is 0 Å². The average molecular weight is 406 g/mol. The molecule has 0 fully saturated rings. The molecule has 0 bridgehead atoms. The Morgan fingerprint density at radius 3 is 2.23 bits per heavy atom. The summed E-state index contributed by atoms with van der Waals surface area (Å²) in [6.07, 6.45) is 0. The highest BCUT2D eigenvalue weighted by molar-refractivity contribution is 5.78. The van der Waals surface area contributed by atoms with Crippen LogP contribution in [0.4, 0.5) is 4.39 Å². The SMILES string of the molecule is COc1cc(OC)cc(-n2c(=O)c3ccccc3n(Cc3cccc(F)c3)c2=O)c1. The molecule has 4 rings (SSSR count). The summed E-state index contributed by atoms with van der Waals surface area (Å²) in [5, 5.41) is 0.371. The third-order valence-corrected chi connectivity index (χ3v) is 4.87. The number of aromatic nitrogens is 2. The number of fused-ring (bicyclic) bond motifs is 1. The Bertz CT molecular complexity index is 1340. The zero-order valence-electron chi connectivity index (χ0n) is 16.5. The zero-order chi connectivity index (χ0) is 21.3. The predicted octanol–water partition coefficient (Wildman–Crippen LogP) is 3.36. The number of ether oxygens (including phenoxy) is 2. The molecule has 0 aliphatic heterocycles. The predicted molar refractivity (Wildman–Crippen MR) is 112 cm³/mol. The van der Waals surface area contributed by atoms with Gasteiger partial charge in [-0.25, -0.2) is 13.8 Å². The molecule has 0 atom stereocenters. The second-order valence-corrected chi connectivity index (χ2v) is 6.73. The fourth-order valence-corrected chi connectivity index (χ4v) is 3.44. The smallest absolute Gasteiger partial charge is 0.336 e. The van der Waals surface area contributed by atoms with Crippen LogP contribution in [0.5, 0.6) is 11.5 Å². The Hall–Kier alpha value is -3.87. The van der Waals surface area contributed by atoms with Gasteiger partial charge in [-0.15, -0.1) is 0 Å². The first kappa shape index (κ1) is 19.4. The highest BCUT2D eigenvalue weighted by atomic mass is 19.1. The van der Waals surface area contributed by atoms with Crippen LogP contribution in [0.1, 0.15) is 5.56 Å². The van der Waals surface area contributed by atoms with Gasteiger partial charge in [-0.1, -0.05) is 24.3 Å². The Morgan fingerprint density at radius 1 is 0.867 bits per heavy atom. The summed E-state index contributed by atoms with van der Waals surface area (Å²) in [7, 11) is 2.98. The third kappa shape index (κ3) is 3.45. The van der Waals surface area contributed by atoms with E-state index in [1.54, 1.807) is 54.6 Å². The Morgan fingerprint density at radius 2 is 1.57 bits per heavy atom. The van der Waals surface area contributed by atoms with Crippen molar-refractivity contribution in [3.63, 3.8) is 0 Å². The highest BCUT2D eigenvalue weighted by Gasteiger charge is 2.16.